The third-order valence-electron chi connectivity index (χ3n) is 6.04. The first-order chi connectivity index (χ1) is 17.5. The summed E-state index contributed by atoms with van der Waals surface area (Å²) in [5.74, 6) is 0. The molecule has 188 valence electrons. The fraction of sp³-hybridized carbons (Fsp3) is 0.0741. The molecule has 1 aromatic heterocycles. The highest BCUT2D eigenvalue weighted by Crippen LogP contribution is 2.40. The monoisotopic (exact) mass is 530 g/mol. The molecule has 5 rings (SSSR count). The van der Waals surface area contributed by atoms with E-state index >= 15 is 0 Å². The van der Waals surface area contributed by atoms with Crippen LogP contribution in [-0.2, 0) is 12.4 Å². The summed E-state index contributed by atoms with van der Waals surface area (Å²) in [4.78, 5) is 12.6. The van der Waals surface area contributed by atoms with E-state index in [1.54, 1.807) is 36.4 Å². The van der Waals surface area contributed by atoms with Gasteiger partial charge in [-0.3, -0.25) is 4.57 Å². The Bertz CT molecular complexity index is 1560. The molecule has 0 aliphatic carbocycles. The number of amides is 1. The molecule has 2 N–H and O–H groups in total. The van der Waals surface area contributed by atoms with Gasteiger partial charge in [-0.15, -0.1) is 0 Å². The zero-order valence-corrected chi connectivity index (χ0v) is 19.7. The standard InChI is InChI=1S/C27H17F6N2OP/c28-26(29,30)16-8-12-18(13-9-16)37(19-14-10-17(11-15-19)27(31,32)33)23-7-3-5-21-20-4-1-2-6-22(20)35(24(21)23)25(34)36/h1-15H,(H2,34,36). The molecule has 0 saturated heterocycles. The predicted octanol–water partition coefficient (Wildman–Crippen LogP) is 6.52. The number of aromatic nitrogens is 1. The van der Waals surface area contributed by atoms with Gasteiger partial charge in [-0.2, -0.15) is 26.3 Å². The van der Waals surface area contributed by atoms with Gasteiger partial charge >= 0.3 is 18.4 Å². The molecule has 0 unspecified atom stereocenters. The van der Waals surface area contributed by atoms with Crippen LogP contribution in [0.5, 0.6) is 0 Å². The van der Waals surface area contributed by atoms with Gasteiger partial charge in [-0.1, -0.05) is 60.7 Å². The normalized spacial score (nSPS) is 12.5. The number of carbonyl (C=O) groups excluding carboxylic acids is 1. The quantitative estimate of drug-likeness (QED) is 0.210. The third kappa shape index (κ3) is 4.44. The highest BCUT2D eigenvalue weighted by atomic mass is 31.1. The van der Waals surface area contributed by atoms with Crippen LogP contribution in [0, 0.1) is 0 Å². The fourth-order valence-corrected chi connectivity index (χ4v) is 6.85. The number of primary amides is 1. The summed E-state index contributed by atoms with van der Waals surface area (Å²) in [6.07, 6.45) is -9.10. The maximum atomic E-state index is 13.2. The summed E-state index contributed by atoms with van der Waals surface area (Å²) in [6, 6.07) is 20.7. The molecule has 0 fully saturated rings. The Morgan fingerprint density at radius 1 is 0.649 bits per heavy atom. The predicted molar refractivity (Wildman–Crippen MR) is 133 cm³/mol. The van der Waals surface area contributed by atoms with Gasteiger partial charge in [-0.25, -0.2) is 4.79 Å². The summed E-state index contributed by atoms with van der Waals surface area (Å²) in [6.45, 7) is 0. The summed E-state index contributed by atoms with van der Waals surface area (Å²) in [5.41, 5.74) is 5.07. The van der Waals surface area contributed by atoms with Crippen molar-refractivity contribution in [2.75, 3.05) is 0 Å². The fourth-order valence-electron chi connectivity index (χ4n) is 4.44. The molecule has 0 spiro atoms. The molecule has 1 heterocycles. The first kappa shape index (κ1) is 24.8. The second-order valence-corrected chi connectivity index (χ2v) is 10.5. The number of nitrogens with two attached hydrogens (primary N) is 1. The Morgan fingerprint density at radius 3 is 1.62 bits per heavy atom. The van der Waals surface area contributed by atoms with Crippen molar-refractivity contribution in [2.45, 2.75) is 12.4 Å². The van der Waals surface area contributed by atoms with Crippen LogP contribution in [0.15, 0.2) is 91.0 Å². The number of fused-ring (bicyclic) bond motifs is 3. The number of hydrogen-bond acceptors (Lipinski definition) is 1. The van der Waals surface area contributed by atoms with E-state index in [-0.39, 0.29) is 0 Å². The lowest BCUT2D eigenvalue weighted by Gasteiger charge is -2.22. The number of carbonyl (C=O) groups is 1. The maximum absolute atomic E-state index is 13.2. The lowest BCUT2D eigenvalue weighted by molar-refractivity contribution is -0.138. The highest BCUT2D eigenvalue weighted by molar-refractivity contribution is 7.80. The van der Waals surface area contributed by atoms with E-state index in [0.717, 1.165) is 29.7 Å². The van der Waals surface area contributed by atoms with E-state index in [2.05, 4.69) is 0 Å². The third-order valence-corrected chi connectivity index (χ3v) is 8.51. The molecule has 0 radical (unpaired) electrons. The van der Waals surface area contributed by atoms with Gasteiger partial charge in [0, 0.05) is 16.1 Å². The van der Waals surface area contributed by atoms with E-state index in [9.17, 15) is 31.1 Å². The molecule has 3 nitrogen and oxygen atoms in total. The lowest BCUT2D eigenvalue weighted by Crippen LogP contribution is -2.26. The number of benzene rings is 4. The van der Waals surface area contributed by atoms with Crippen LogP contribution < -0.4 is 21.6 Å². The lowest BCUT2D eigenvalue weighted by atomic mass is 10.1. The van der Waals surface area contributed by atoms with Crippen LogP contribution in [0.2, 0.25) is 0 Å². The van der Waals surface area contributed by atoms with Crippen LogP contribution in [0.25, 0.3) is 21.8 Å². The minimum atomic E-state index is -4.55. The van der Waals surface area contributed by atoms with E-state index < -0.39 is 37.4 Å². The minimum absolute atomic E-state index is 0.460. The number of para-hydroxylation sites is 2. The number of nitrogens with zero attached hydrogens (tertiary/aromatic N) is 1. The molecule has 0 saturated carbocycles. The Balaban J connectivity index is 1.81. The van der Waals surface area contributed by atoms with Crippen LogP contribution in [0.4, 0.5) is 31.1 Å². The molecule has 0 atom stereocenters. The summed E-state index contributed by atoms with van der Waals surface area (Å²) in [5, 5.41) is 2.95. The van der Waals surface area contributed by atoms with E-state index in [4.69, 9.17) is 5.73 Å². The van der Waals surface area contributed by atoms with E-state index in [1.807, 2.05) is 6.07 Å². The van der Waals surface area contributed by atoms with Crippen molar-refractivity contribution in [2.24, 2.45) is 5.73 Å². The van der Waals surface area contributed by atoms with E-state index in [0.29, 0.717) is 32.3 Å². The number of hydrogen-bond donors (Lipinski definition) is 1. The summed E-state index contributed by atoms with van der Waals surface area (Å²) < 4.78 is 80.7. The number of rotatable bonds is 3. The Morgan fingerprint density at radius 2 is 1.14 bits per heavy atom. The molecule has 37 heavy (non-hydrogen) atoms. The zero-order valence-electron chi connectivity index (χ0n) is 18.8. The highest BCUT2D eigenvalue weighted by Gasteiger charge is 2.32. The molecule has 1 amide bonds. The average molecular weight is 530 g/mol. The zero-order chi connectivity index (χ0) is 26.5. The van der Waals surface area contributed by atoms with Gasteiger partial charge < -0.3 is 5.73 Å². The Labute approximate surface area is 207 Å². The molecule has 0 bridgehead atoms. The van der Waals surface area contributed by atoms with Crippen molar-refractivity contribution < 1.29 is 31.1 Å². The van der Waals surface area contributed by atoms with Crippen molar-refractivity contribution in [3.8, 4) is 0 Å². The second kappa shape index (κ2) is 8.92. The molecule has 0 aliphatic heterocycles. The average Bonchev–Trinajstić information content (AvgIpc) is 3.19. The van der Waals surface area contributed by atoms with E-state index in [1.165, 1.54) is 28.8 Å². The molecule has 4 aromatic carbocycles. The van der Waals surface area contributed by atoms with Gasteiger partial charge in [0.2, 0.25) is 0 Å². The van der Waals surface area contributed by atoms with Crippen LogP contribution >= 0.6 is 7.92 Å². The summed E-state index contributed by atoms with van der Waals surface area (Å²) >= 11 is 0. The largest absolute Gasteiger partial charge is 0.416 e. The number of alkyl halides is 6. The van der Waals surface area contributed by atoms with Gasteiger partial charge in [0.05, 0.1) is 22.2 Å². The molecule has 5 aromatic rings. The minimum Gasteiger partial charge on any atom is -0.351 e. The van der Waals surface area contributed by atoms with Crippen molar-refractivity contribution in [3.05, 3.63) is 102 Å². The van der Waals surface area contributed by atoms with Crippen molar-refractivity contribution >= 4 is 51.7 Å². The smallest absolute Gasteiger partial charge is 0.351 e. The second-order valence-electron chi connectivity index (χ2n) is 8.29. The van der Waals surface area contributed by atoms with Gasteiger partial charge in [-0.05, 0) is 48.9 Å². The molecular weight excluding hydrogens is 513 g/mol. The van der Waals surface area contributed by atoms with Crippen molar-refractivity contribution in [3.63, 3.8) is 0 Å². The van der Waals surface area contributed by atoms with Crippen molar-refractivity contribution in [1.29, 1.82) is 0 Å². The van der Waals surface area contributed by atoms with Gasteiger partial charge in [0.25, 0.3) is 0 Å². The summed E-state index contributed by atoms with van der Waals surface area (Å²) in [7, 11) is -1.68. The molecular formula is C27H17F6N2OP. The van der Waals surface area contributed by atoms with Gasteiger partial charge in [0.1, 0.15) is 0 Å². The topological polar surface area (TPSA) is 48.0 Å². The SMILES string of the molecule is NC(=O)n1c2ccccc2c2cccc(P(c3ccc(C(F)(F)F)cc3)c3ccc(C(F)(F)F)cc3)c21. The van der Waals surface area contributed by atoms with Gasteiger partial charge in [0.15, 0.2) is 0 Å². The first-order valence-corrected chi connectivity index (χ1v) is 12.3. The van der Waals surface area contributed by atoms with Crippen LogP contribution in [0.3, 0.4) is 0 Å². The Kier molecular flexibility index (Phi) is 5.99. The maximum Gasteiger partial charge on any atom is 0.416 e. The van der Waals surface area contributed by atoms with Crippen LogP contribution in [-0.4, -0.2) is 10.6 Å². The molecule has 10 heteroatoms. The van der Waals surface area contributed by atoms with Crippen molar-refractivity contribution in [1.82, 2.24) is 4.57 Å². The van der Waals surface area contributed by atoms with Crippen LogP contribution in [0.1, 0.15) is 11.1 Å². The Hall–Kier alpha value is -3.84. The first-order valence-electron chi connectivity index (χ1n) is 10.9. The number of halogens is 6. The molecule has 0 aliphatic rings.